The Kier molecular flexibility index (Phi) is 6.12. The Morgan fingerprint density at radius 2 is 2.22 bits per heavy atom. The van der Waals surface area contributed by atoms with Gasteiger partial charge in [-0.1, -0.05) is 0 Å². The number of ether oxygens (including phenoxy) is 1. The molecule has 6 nitrogen and oxygen atoms in total. The van der Waals surface area contributed by atoms with Crippen LogP contribution < -0.4 is 5.32 Å². The molecule has 128 valence electrons. The molecule has 2 rings (SSSR count). The zero-order chi connectivity index (χ0) is 17.0. The number of nitrogens with zero attached hydrogens (tertiary/aromatic N) is 2. The predicted molar refractivity (Wildman–Crippen MR) is 90.6 cm³/mol. The first-order valence-electron chi connectivity index (χ1n) is 8.08. The minimum absolute atomic E-state index is 0.0803. The molecule has 23 heavy (non-hydrogen) atoms. The first kappa shape index (κ1) is 17.9. The van der Waals surface area contributed by atoms with Crippen molar-refractivity contribution in [1.82, 2.24) is 9.88 Å². The van der Waals surface area contributed by atoms with Crippen LogP contribution in [-0.2, 0) is 14.3 Å². The number of anilines is 1. The molecule has 1 aliphatic rings. The molecule has 2 unspecified atom stereocenters. The van der Waals surface area contributed by atoms with E-state index in [1.54, 1.807) is 0 Å². The van der Waals surface area contributed by atoms with Gasteiger partial charge in [0.2, 0.25) is 5.91 Å². The van der Waals surface area contributed by atoms with Gasteiger partial charge in [0.1, 0.15) is 0 Å². The molecule has 1 aliphatic heterocycles. The maximum Gasteiger partial charge on any atom is 0.310 e. The maximum atomic E-state index is 12.4. The van der Waals surface area contributed by atoms with Gasteiger partial charge in [0, 0.05) is 11.4 Å². The molecule has 0 saturated carbocycles. The summed E-state index contributed by atoms with van der Waals surface area (Å²) in [6.07, 6.45) is 1.73. The van der Waals surface area contributed by atoms with E-state index < -0.39 is 0 Å². The van der Waals surface area contributed by atoms with Gasteiger partial charge in [-0.3, -0.25) is 14.5 Å². The number of hydrogen-bond donors (Lipinski definition) is 1. The zero-order valence-electron chi connectivity index (χ0n) is 14.2. The Labute approximate surface area is 141 Å². The standard InChI is InChI=1S/C16H25N3O3S/c1-5-22-15(21)13-7-6-8-19(9-13)11(3)14(20)18-16-17-10(2)12(4)23-16/h11,13H,5-9H2,1-4H3,(H,17,18,20). The molecular formula is C16H25N3O3S. The van der Waals surface area contributed by atoms with Crippen LogP contribution in [0.4, 0.5) is 5.13 Å². The van der Waals surface area contributed by atoms with Crippen LogP contribution in [0.15, 0.2) is 0 Å². The summed E-state index contributed by atoms with van der Waals surface area (Å²) >= 11 is 1.48. The number of rotatable bonds is 5. The third kappa shape index (κ3) is 4.51. The Bertz CT molecular complexity index is 553. The summed E-state index contributed by atoms with van der Waals surface area (Å²) in [4.78, 5) is 31.8. The van der Waals surface area contributed by atoms with E-state index in [0.717, 1.165) is 30.0 Å². The fourth-order valence-electron chi connectivity index (χ4n) is 2.71. The van der Waals surface area contributed by atoms with Crippen molar-refractivity contribution < 1.29 is 14.3 Å². The lowest BCUT2D eigenvalue weighted by Crippen LogP contribution is -2.48. The van der Waals surface area contributed by atoms with Gasteiger partial charge in [0.05, 0.1) is 24.3 Å². The second-order valence-corrected chi connectivity index (χ2v) is 7.12. The molecule has 1 amide bonds. The molecule has 1 N–H and O–H groups in total. The Morgan fingerprint density at radius 3 is 2.83 bits per heavy atom. The third-order valence-electron chi connectivity index (χ3n) is 4.26. The minimum atomic E-state index is -0.295. The monoisotopic (exact) mass is 339 g/mol. The van der Waals surface area contributed by atoms with Crippen LogP contribution in [0.5, 0.6) is 0 Å². The number of piperidine rings is 1. The summed E-state index contributed by atoms with van der Waals surface area (Å²) in [5, 5.41) is 3.52. The summed E-state index contributed by atoms with van der Waals surface area (Å²) in [6, 6.07) is -0.295. The summed E-state index contributed by atoms with van der Waals surface area (Å²) in [5.41, 5.74) is 0.943. The molecule has 0 radical (unpaired) electrons. The first-order valence-corrected chi connectivity index (χ1v) is 8.89. The number of esters is 1. The SMILES string of the molecule is CCOC(=O)C1CCCN(C(C)C(=O)Nc2nc(C)c(C)s2)C1. The highest BCUT2D eigenvalue weighted by atomic mass is 32.1. The molecule has 1 aromatic heterocycles. The molecule has 2 heterocycles. The van der Waals surface area contributed by atoms with Gasteiger partial charge < -0.3 is 10.1 Å². The second kappa shape index (κ2) is 7.88. The smallest absolute Gasteiger partial charge is 0.310 e. The number of nitrogens with one attached hydrogen (secondary N) is 1. The molecular weight excluding hydrogens is 314 g/mol. The van der Waals surface area contributed by atoms with Crippen molar-refractivity contribution in [3.05, 3.63) is 10.6 Å². The topological polar surface area (TPSA) is 71.5 Å². The van der Waals surface area contributed by atoms with Gasteiger partial charge in [0.15, 0.2) is 5.13 Å². The lowest BCUT2D eigenvalue weighted by atomic mass is 9.97. The van der Waals surface area contributed by atoms with Gasteiger partial charge in [-0.2, -0.15) is 0 Å². The number of aromatic nitrogens is 1. The van der Waals surface area contributed by atoms with E-state index >= 15 is 0 Å². The van der Waals surface area contributed by atoms with E-state index in [-0.39, 0.29) is 23.8 Å². The van der Waals surface area contributed by atoms with E-state index in [2.05, 4.69) is 10.3 Å². The molecule has 1 aromatic rings. The van der Waals surface area contributed by atoms with Crippen molar-refractivity contribution >= 4 is 28.3 Å². The quantitative estimate of drug-likeness (QED) is 0.834. The Morgan fingerprint density at radius 1 is 1.48 bits per heavy atom. The van der Waals surface area contributed by atoms with E-state index in [1.165, 1.54) is 11.3 Å². The van der Waals surface area contributed by atoms with Gasteiger partial charge in [-0.25, -0.2) is 4.98 Å². The number of carbonyl (C=O) groups excluding carboxylic acids is 2. The van der Waals surface area contributed by atoms with Crippen molar-refractivity contribution in [2.75, 3.05) is 25.0 Å². The van der Waals surface area contributed by atoms with Crippen LogP contribution in [0.3, 0.4) is 0 Å². The molecule has 1 saturated heterocycles. The summed E-state index contributed by atoms with van der Waals surface area (Å²) in [6.45, 7) is 9.39. The van der Waals surface area contributed by atoms with Crippen LogP contribution in [-0.4, -0.2) is 47.5 Å². The highest BCUT2D eigenvalue weighted by Crippen LogP contribution is 2.23. The average Bonchev–Trinajstić information content (AvgIpc) is 2.84. The number of hydrogen-bond acceptors (Lipinski definition) is 6. The highest BCUT2D eigenvalue weighted by molar-refractivity contribution is 7.15. The first-order chi connectivity index (χ1) is 10.9. The van der Waals surface area contributed by atoms with Gasteiger partial charge in [-0.05, 0) is 47.1 Å². The number of aryl methyl sites for hydroxylation is 2. The van der Waals surface area contributed by atoms with Crippen LogP contribution in [0.2, 0.25) is 0 Å². The largest absolute Gasteiger partial charge is 0.466 e. The summed E-state index contributed by atoms with van der Waals surface area (Å²) < 4.78 is 5.11. The van der Waals surface area contributed by atoms with E-state index in [4.69, 9.17) is 4.74 Å². The van der Waals surface area contributed by atoms with Gasteiger partial charge >= 0.3 is 5.97 Å². The highest BCUT2D eigenvalue weighted by Gasteiger charge is 2.31. The second-order valence-electron chi connectivity index (χ2n) is 5.91. The van der Waals surface area contributed by atoms with Crippen LogP contribution in [0, 0.1) is 19.8 Å². The number of amides is 1. The maximum absolute atomic E-state index is 12.4. The van der Waals surface area contributed by atoms with E-state index in [0.29, 0.717) is 18.3 Å². The molecule has 0 bridgehead atoms. The Balaban J connectivity index is 1.94. The average molecular weight is 339 g/mol. The molecule has 1 fully saturated rings. The van der Waals surface area contributed by atoms with Crippen molar-refractivity contribution in [1.29, 1.82) is 0 Å². The number of thiazole rings is 1. The van der Waals surface area contributed by atoms with Gasteiger partial charge in [0.25, 0.3) is 0 Å². The van der Waals surface area contributed by atoms with Crippen molar-refractivity contribution in [3.63, 3.8) is 0 Å². The normalized spacial score (nSPS) is 20.1. The molecule has 2 atom stereocenters. The Hall–Kier alpha value is -1.47. The molecule has 0 spiro atoms. The fourth-order valence-corrected chi connectivity index (χ4v) is 3.53. The van der Waals surface area contributed by atoms with Crippen LogP contribution >= 0.6 is 11.3 Å². The third-order valence-corrected chi connectivity index (χ3v) is 5.25. The summed E-state index contributed by atoms with van der Waals surface area (Å²) in [5.74, 6) is -0.373. The van der Waals surface area contributed by atoms with Crippen molar-refractivity contribution in [2.45, 2.75) is 46.6 Å². The lowest BCUT2D eigenvalue weighted by Gasteiger charge is -2.34. The molecule has 7 heteroatoms. The van der Waals surface area contributed by atoms with E-state index in [1.807, 2.05) is 32.6 Å². The number of carbonyl (C=O) groups is 2. The van der Waals surface area contributed by atoms with E-state index in [9.17, 15) is 9.59 Å². The minimum Gasteiger partial charge on any atom is -0.466 e. The van der Waals surface area contributed by atoms with Crippen molar-refractivity contribution in [2.24, 2.45) is 5.92 Å². The lowest BCUT2D eigenvalue weighted by molar-refractivity contribution is -0.150. The van der Waals surface area contributed by atoms with Gasteiger partial charge in [-0.15, -0.1) is 11.3 Å². The number of likely N-dealkylation sites (tertiary alicyclic amines) is 1. The fraction of sp³-hybridized carbons (Fsp3) is 0.688. The van der Waals surface area contributed by atoms with Crippen LogP contribution in [0.25, 0.3) is 0 Å². The van der Waals surface area contributed by atoms with Crippen LogP contribution in [0.1, 0.15) is 37.3 Å². The summed E-state index contributed by atoms with van der Waals surface area (Å²) in [7, 11) is 0. The molecule has 0 aromatic carbocycles. The van der Waals surface area contributed by atoms with Crippen molar-refractivity contribution in [3.8, 4) is 0 Å². The zero-order valence-corrected chi connectivity index (χ0v) is 15.0. The predicted octanol–water partition coefficient (Wildman–Crippen LogP) is 2.36. The molecule has 0 aliphatic carbocycles.